The average molecular weight is 694 g/mol. The van der Waals surface area contributed by atoms with E-state index in [0.29, 0.717) is 11.7 Å². The average Bonchev–Trinajstić information content (AvgIpc) is 3.91. The molecule has 0 saturated carbocycles. The highest BCUT2D eigenvalue weighted by Gasteiger charge is 2.26. The SMILES string of the molecule is c1ccc(-c2cccc(-c3nc(-n4c5ccc6ccccc6c5c5c6ccccc6c6c7ccccc7sc6c54)nc4oc5ccccc5c34)c2)cc1. The quantitative estimate of drug-likeness (QED) is 0.185. The van der Waals surface area contributed by atoms with E-state index in [2.05, 4.69) is 156 Å². The van der Waals surface area contributed by atoms with Gasteiger partial charge in [0, 0.05) is 37.2 Å². The molecule has 53 heavy (non-hydrogen) atoms. The van der Waals surface area contributed by atoms with Crippen LogP contribution in [0, 0.1) is 0 Å². The number of hydrogen-bond acceptors (Lipinski definition) is 4. The van der Waals surface area contributed by atoms with E-state index in [0.717, 1.165) is 49.8 Å². The topological polar surface area (TPSA) is 43.9 Å². The maximum Gasteiger partial charge on any atom is 0.238 e. The van der Waals surface area contributed by atoms with E-state index in [4.69, 9.17) is 14.4 Å². The second-order valence-corrected chi connectivity index (χ2v) is 14.7. The first-order valence-corrected chi connectivity index (χ1v) is 18.7. The molecule has 0 saturated heterocycles. The van der Waals surface area contributed by atoms with E-state index < -0.39 is 0 Å². The Hall–Kier alpha value is -6.82. The first-order valence-electron chi connectivity index (χ1n) is 17.8. The minimum absolute atomic E-state index is 0.570. The molecular weight excluding hydrogens is 667 g/mol. The van der Waals surface area contributed by atoms with Gasteiger partial charge in [-0.2, -0.15) is 4.98 Å². The van der Waals surface area contributed by atoms with Crippen LogP contribution in [0.15, 0.2) is 168 Å². The fourth-order valence-electron chi connectivity index (χ4n) is 8.54. The van der Waals surface area contributed by atoms with Gasteiger partial charge in [0.15, 0.2) is 0 Å². The van der Waals surface area contributed by atoms with E-state index in [1.54, 1.807) is 0 Å². The zero-order chi connectivity index (χ0) is 34.6. The van der Waals surface area contributed by atoms with Crippen LogP contribution in [0.3, 0.4) is 0 Å². The van der Waals surface area contributed by atoms with E-state index in [1.807, 2.05) is 23.5 Å². The predicted molar refractivity (Wildman–Crippen MR) is 222 cm³/mol. The molecule has 8 aromatic carbocycles. The van der Waals surface area contributed by atoms with Gasteiger partial charge in [-0.3, -0.25) is 4.57 Å². The second kappa shape index (κ2) is 10.8. The number of aromatic nitrogens is 3. The maximum atomic E-state index is 6.61. The van der Waals surface area contributed by atoms with Crippen molar-refractivity contribution in [3.05, 3.63) is 164 Å². The Bertz CT molecular complexity index is 3460. The van der Waals surface area contributed by atoms with Crippen molar-refractivity contribution in [2.75, 3.05) is 0 Å². The number of thiophene rings is 1. The van der Waals surface area contributed by atoms with Gasteiger partial charge in [-0.05, 0) is 56.9 Å². The largest absolute Gasteiger partial charge is 0.437 e. The Morgan fingerprint density at radius 3 is 2.02 bits per heavy atom. The summed E-state index contributed by atoms with van der Waals surface area (Å²) in [5.74, 6) is 0.584. The summed E-state index contributed by atoms with van der Waals surface area (Å²) in [5.41, 5.74) is 7.68. The van der Waals surface area contributed by atoms with E-state index in [1.165, 1.54) is 52.5 Å². The van der Waals surface area contributed by atoms with Crippen LogP contribution in [-0.2, 0) is 0 Å². The Balaban J connectivity index is 1.29. The van der Waals surface area contributed by atoms with Crippen LogP contribution in [0.1, 0.15) is 0 Å². The van der Waals surface area contributed by atoms with Gasteiger partial charge in [0.25, 0.3) is 0 Å². The summed E-state index contributed by atoms with van der Waals surface area (Å²) in [5, 5.41) is 11.7. The van der Waals surface area contributed by atoms with Gasteiger partial charge in [0.1, 0.15) is 5.58 Å². The summed E-state index contributed by atoms with van der Waals surface area (Å²) in [7, 11) is 0. The van der Waals surface area contributed by atoms with Crippen molar-refractivity contribution in [2.24, 2.45) is 0 Å². The van der Waals surface area contributed by atoms with Gasteiger partial charge in [0.05, 0.1) is 26.8 Å². The molecule has 246 valence electrons. The zero-order valence-corrected chi connectivity index (χ0v) is 29.1. The predicted octanol–water partition coefficient (Wildman–Crippen LogP) is 13.5. The summed E-state index contributed by atoms with van der Waals surface area (Å²) < 4.78 is 11.4. The molecule has 0 unspecified atom stereocenters. The summed E-state index contributed by atoms with van der Waals surface area (Å²) in [4.78, 5) is 10.9. The van der Waals surface area contributed by atoms with Crippen LogP contribution in [0.5, 0.6) is 0 Å². The highest BCUT2D eigenvalue weighted by molar-refractivity contribution is 7.27. The number of hydrogen-bond donors (Lipinski definition) is 0. The van der Waals surface area contributed by atoms with Crippen molar-refractivity contribution >= 4 is 96.9 Å². The van der Waals surface area contributed by atoms with Gasteiger partial charge in [-0.15, -0.1) is 11.3 Å². The van der Waals surface area contributed by atoms with Gasteiger partial charge in [-0.25, -0.2) is 4.98 Å². The summed E-state index contributed by atoms with van der Waals surface area (Å²) in [6.07, 6.45) is 0. The molecule has 0 aliphatic heterocycles. The van der Waals surface area contributed by atoms with Gasteiger partial charge < -0.3 is 4.42 Å². The van der Waals surface area contributed by atoms with Gasteiger partial charge >= 0.3 is 0 Å². The number of fused-ring (bicyclic) bond motifs is 15. The summed E-state index contributed by atoms with van der Waals surface area (Å²) >= 11 is 1.84. The van der Waals surface area contributed by atoms with Crippen molar-refractivity contribution in [1.29, 1.82) is 0 Å². The summed E-state index contributed by atoms with van der Waals surface area (Å²) in [6, 6.07) is 58.2. The van der Waals surface area contributed by atoms with Crippen molar-refractivity contribution in [3.63, 3.8) is 0 Å². The van der Waals surface area contributed by atoms with E-state index in [9.17, 15) is 0 Å². The van der Waals surface area contributed by atoms with E-state index in [-0.39, 0.29) is 0 Å². The van der Waals surface area contributed by atoms with Crippen LogP contribution in [0.2, 0.25) is 0 Å². The molecule has 0 spiro atoms. The molecule has 12 rings (SSSR count). The molecule has 0 amide bonds. The smallest absolute Gasteiger partial charge is 0.238 e. The first-order chi connectivity index (χ1) is 26.3. The Morgan fingerprint density at radius 2 is 1.15 bits per heavy atom. The molecule has 0 aliphatic carbocycles. The molecule has 4 heterocycles. The molecular formula is C48H27N3OS. The number of furan rings is 1. The lowest BCUT2D eigenvalue weighted by atomic mass is 9.97. The molecule has 4 aromatic heterocycles. The third-order valence-electron chi connectivity index (χ3n) is 10.8. The van der Waals surface area contributed by atoms with Crippen LogP contribution in [0.4, 0.5) is 0 Å². The fourth-order valence-corrected chi connectivity index (χ4v) is 9.80. The normalized spacial score (nSPS) is 12.2. The Kier molecular flexibility index (Phi) is 5.90. The lowest BCUT2D eigenvalue weighted by Gasteiger charge is -2.12. The van der Waals surface area contributed by atoms with Crippen LogP contribution in [-0.4, -0.2) is 14.5 Å². The molecule has 12 aromatic rings. The molecule has 0 N–H and O–H groups in total. The van der Waals surface area contributed by atoms with Crippen molar-refractivity contribution in [2.45, 2.75) is 0 Å². The minimum atomic E-state index is 0.570. The van der Waals surface area contributed by atoms with Crippen LogP contribution < -0.4 is 0 Å². The number of para-hydroxylation sites is 1. The third-order valence-corrected chi connectivity index (χ3v) is 12.0. The standard InChI is InChI=1S/C48H27N3OS/c1-2-13-28(14-3-1)30-16-12-17-31(27-30)44-43-35-21-8-10-23-38(35)52-47(43)50-48(49-44)51-37-26-25-29-15-4-5-18-32(29)41(37)42-34-20-7-6-19-33(34)40-36-22-9-11-24-39(36)53-46(40)45(42)51/h1-27H. The Labute approximate surface area is 306 Å². The molecule has 0 fully saturated rings. The van der Waals surface area contributed by atoms with Crippen LogP contribution in [0.25, 0.3) is 114 Å². The maximum absolute atomic E-state index is 6.61. The lowest BCUT2D eigenvalue weighted by Crippen LogP contribution is -2.03. The number of rotatable bonds is 3. The zero-order valence-electron chi connectivity index (χ0n) is 28.2. The van der Waals surface area contributed by atoms with Crippen molar-refractivity contribution in [1.82, 2.24) is 14.5 Å². The second-order valence-electron chi connectivity index (χ2n) is 13.7. The highest BCUT2D eigenvalue weighted by Crippen LogP contribution is 2.49. The molecule has 0 radical (unpaired) electrons. The summed E-state index contributed by atoms with van der Waals surface area (Å²) in [6.45, 7) is 0. The number of nitrogens with zero attached hydrogens (tertiary/aromatic N) is 3. The highest BCUT2D eigenvalue weighted by atomic mass is 32.1. The first kappa shape index (κ1) is 28.8. The number of benzene rings is 8. The van der Waals surface area contributed by atoms with E-state index >= 15 is 0 Å². The third kappa shape index (κ3) is 4.05. The molecule has 5 heteroatoms. The monoisotopic (exact) mass is 693 g/mol. The van der Waals surface area contributed by atoms with Gasteiger partial charge in [0.2, 0.25) is 11.7 Å². The molecule has 0 atom stereocenters. The fraction of sp³-hybridized carbons (Fsp3) is 0. The Morgan fingerprint density at radius 1 is 0.472 bits per heavy atom. The van der Waals surface area contributed by atoms with Crippen molar-refractivity contribution in [3.8, 4) is 28.3 Å². The van der Waals surface area contributed by atoms with Crippen LogP contribution >= 0.6 is 11.3 Å². The molecule has 4 nitrogen and oxygen atoms in total. The lowest BCUT2D eigenvalue weighted by molar-refractivity contribution is 0.651. The van der Waals surface area contributed by atoms with Gasteiger partial charge in [-0.1, -0.05) is 140 Å². The molecule has 0 aliphatic rings. The molecule has 0 bridgehead atoms. The van der Waals surface area contributed by atoms with Crippen molar-refractivity contribution < 1.29 is 4.42 Å². The minimum Gasteiger partial charge on any atom is -0.437 e.